The summed E-state index contributed by atoms with van der Waals surface area (Å²) < 4.78 is 28.9. The van der Waals surface area contributed by atoms with Crippen LogP contribution in [0.25, 0.3) is 0 Å². The van der Waals surface area contributed by atoms with Gasteiger partial charge in [-0.25, -0.2) is 8.42 Å². The summed E-state index contributed by atoms with van der Waals surface area (Å²) >= 11 is 6.28. The highest BCUT2D eigenvalue weighted by atomic mass is 35.5. The Kier molecular flexibility index (Phi) is 11.2. The molecule has 3 aromatic carbocycles. The second kappa shape index (κ2) is 14.3. The average Bonchev–Trinajstić information content (AvgIpc) is 2.94. The Labute approximate surface area is 243 Å². The molecule has 1 N–H and O–H groups in total. The Morgan fingerprint density at radius 1 is 0.950 bits per heavy atom. The maximum atomic E-state index is 14.1. The van der Waals surface area contributed by atoms with Crippen molar-refractivity contribution >= 4 is 39.1 Å². The smallest absolute Gasteiger partial charge is 0.264 e. The number of aryl methyl sites for hydroxylation is 1. The second-order valence-corrected chi connectivity index (χ2v) is 12.4. The van der Waals surface area contributed by atoms with E-state index in [-0.39, 0.29) is 23.3 Å². The van der Waals surface area contributed by atoms with E-state index in [4.69, 9.17) is 11.6 Å². The van der Waals surface area contributed by atoms with Crippen LogP contribution in [0.3, 0.4) is 0 Å². The summed E-state index contributed by atoms with van der Waals surface area (Å²) in [5.41, 5.74) is 1.97. The number of halogens is 1. The third-order valence-corrected chi connectivity index (χ3v) is 8.61. The van der Waals surface area contributed by atoms with Gasteiger partial charge in [-0.15, -0.1) is 0 Å². The van der Waals surface area contributed by atoms with Gasteiger partial charge in [0.2, 0.25) is 11.8 Å². The highest BCUT2D eigenvalue weighted by Gasteiger charge is 2.34. The number of hydrogen-bond acceptors (Lipinski definition) is 4. The number of nitrogens with one attached hydrogen (secondary N) is 1. The van der Waals surface area contributed by atoms with Crippen molar-refractivity contribution in [3.05, 3.63) is 95.0 Å². The van der Waals surface area contributed by atoms with E-state index < -0.39 is 28.5 Å². The van der Waals surface area contributed by atoms with Crippen LogP contribution in [0, 0.1) is 12.8 Å². The molecule has 0 saturated heterocycles. The number of benzene rings is 3. The number of sulfonamides is 1. The van der Waals surface area contributed by atoms with Gasteiger partial charge in [0.1, 0.15) is 12.6 Å². The Morgan fingerprint density at radius 3 is 2.17 bits per heavy atom. The van der Waals surface area contributed by atoms with Gasteiger partial charge >= 0.3 is 0 Å². The lowest BCUT2D eigenvalue weighted by Gasteiger charge is -2.33. The minimum Gasteiger partial charge on any atom is -0.354 e. The molecule has 7 nitrogen and oxygen atoms in total. The Morgan fingerprint density at radius 2 is 1.57 bits per heavy atom. The van der Waals surface area contributed by atoms with Crippen molar-refractivity contribution in [2.45, 2.75) is 51.5 Å². The summed E-state index contributed by atoms with van der Waals surface area (Å²) in [5.74, 6) is -0.484. The van der Waals surface area contributed by atoms with Crippen LogP contribution >= 0.6 is 11.6 Å². The molecule has 40 heavy (non-hydrogen) atoms. The van der Waals surface area contributed by atoms with Crippen molar-refractivity contribution in [1.82, 2.24) is 10.2 Å². The zero-order valence-electron chi connectivity index (χ0n) is 23.5. The number of anilines is 1. The molecule has 1 atom stereocenters. The number of hydrogen-bond donors (Lipinski definition) is 1. The van der Waals surface area contributed by atoms with Gasteiger partial charge in [-0.1, -0.05) is 87.0 Å². The lowest BCUT2D eigenvalue weighted by Crippen LogP contribution is -2.53. The van der Waals surface area contributed by atoms with Crippen molar-refractivity contribution in [2.75, 3.05) is 23.9 Å². The molecule has 2 amide bonds. The average molecular weight is 584 g/mol. The molecule has 0 aliphatic carbocycles. The molecule has 9 heteroatoms. The number of rotatable bonds is 13. The molecule has 3 aromatic rings. The molecule has 0 heterocycles. The first kappa shape index (κ1) is 31.2. The lowest BCUT2D eigenvalue weighted by molar-refractivity contribution is -0.139. The van der Waals surface area contributed by atoms with E-state index in [0.29, 0.717) is 35.7 Å². The molecule has 1 unspecified atom stereocenters. The van der Waals surface area contributed by atoms with Crippen LogP contribution in [0.5, 0.6) is 0 Å². The first-order valence-corrected chi connectivity index (χ1v) is 15.3. The predicted octanol–water partition coefficient (Wildman–Crippen LogP) is 5.47. The quantitative estimate of drug-likeness (QED) is 0.289. The van der Waals surface area contributed by atoms with Crippen LogP contribution in [0.1, 0.15) is 38.3 Å². The van der Waals surface area contributed by atoms with Gasteiger partial charge in [0.05, 0.1) is 10.6 Å². The number of carbonyl (C=O) groups excluding carboxylic acids is 2. The van der Waals surface area contributed by atoms with E-state index >= 15 is 0 Å². The first-order valence-electron chi connectivity index (χ1n) is 13.5. The van der Waals surface area contributed by atoms with E-state index in [1.807, 2.05) is 51.1 Å². The minimum atomic E-state index is -4.14. The van der Waals surface area contributed by atoms with Gasteiger partial charge < -0.3 is 10.2 Å². The highest BCUT2D eigenvalue weighted by molar-refractivity contribution is 7.92. The van der Waals surface area contributed by atoms with Crippen LogP contribution in [0.15, 0.2) is 83.8 Å². The molecule has 214 valence electrons. The molecule has 0 aromatic heterocycles. The molecule has 0 aliphatic rings. The number of carbonyl (C=O) groups is 2. The van der Waals surface area contributed by atoms with E-state index in [1.54, 1.807) is 43.3 Å². The fourth-order valence-electron chi connectivity index (χ4n) is 4.40. The Bertz CT molecular complexity index is 1380. The van der Waals surface area contributed by atoms with Gasteiger partial charge in [0.15, 0.2) is 0 Å². The van der Waals surface area contributed by atoms with Crippen molar-refractivity contribution in [3.8, 4) is 0 Å². The fraction of sp³-hybridized carbons (Fsp3) is 0.355. The zero-order chi connectivity index (χ0) is 29.3. The summed E-state index contributed by atoms with van der Waals surface area (Å²) in [4.78, 5) is 28.9. The fourth-order valence-corrected chi connectivity index (χ4v) is 6.06. The van der Waals surface area contributed by atoms with Gasteiger partial charge in [0.25, 0.3) is 10.0 Å². The summed E-state index contributed by atoms with van der Waals surface area (Å²) in [6, 6.07) is 21.9. The maximum absolute atomic E-state index is 14.1. The maximum Gasteiger partial charge on any atom is 0.264 e. The van der Waals surface area contributed by atoms with E-state index in [2.05, 4.69) is 5.32 Å². The minimum absolute atomic E-state index is 0.0553. The third kappa shape index (κ3) is 8.08. The standard InChI is InChI=1S/C31H38ClN3O4S/c1-5-28(31(37)33-21-23(2)3)34(19-18-25-12-8-6-9-13-25)30(36)22-35(29-20-26(32)17-16-24(29)4)40(38,39)27-14-10-7-11-15-27/h6-17,20,23,28H,5,18-19,21-22H2,1-4H3,(H,33,37). The van der Waals surface area contributed by atoms with Crippen molar-refractivity contribution in [3.63, 3.8) is 0 Å². The van der Waals surface area contributed by atoms with Crippen LogP contribution < -0.4 is 9.62 Å². The lowest BCUT2D eigenvalue weighted by atomic mass is 10.1. The van der Waals surface area contributed by atoms with Crippen LogP contribution in [0.2, 0.25) is 5.02 Å². The largest absolute Gasteiger partial charge is 0.354 e. The first-order chi connectivity index (χ1) is 19.0. The molecule has 0 fully saturated rings. The number of nitrogens with zero attached hydrogens (tertiary/aromatic N) is 2. The SMILES string of the molecule is CCC(C(=O)NCC(C)C)N(CCc1ccccc1)C(=O)CN(c1cc(Cl)ccc1C)S(=O)(=O)c1ccccc1. The van der Waals surface area contributed by atoms with Crippen LogP contribution in [-0.2, 0) is 26.0 Å². The highest BCUT2D eigenvalue weighted by Crippen LogP contribution is 2.30. The van der Waals surface area contributed by atoms with E-state index in [0.717, 1.165) is 9.87 Å². The molecule has 0 spiro atoms. The van der Waals surface area contributed by atoms with Crippen LogP contribution in [-0.4, -0.2) is 50.8 Å². The Balaban J connectivity index is 2.02. The molecule has 0 aliphatic heterocycles. The van der Waals surface area contributed by atoms with Crippen LogP contribution in [0.4, 0.5) is 5.69 Å². The van der Waals surface area contributed by atoms with E-state index in [9.17, 15) is 18.0 Å². The summed E-state index contributed by atoms with van der Waals surface area (Å²) in [5, 5.41) is 3.29. The Hall–Kier alpha value is -3.36. The number of amides is 2. The normalized spacial score (nSPS) is 12.2. The third-order valence-electron chi connectivity index (χ3n) is 6.60. The molecule has 0 bridgehead atoms. The van der Waals surface area contributed by atoms with Gasteiger partial charge in [-0.3, -0.25) is 13.9 Å². The molecule has 3 rings (SSSR count). The topological polar surface area (TPSA) is 86.8 Å². The van der Waals surface area contributed by atoms with Crippen molar-refractivity contribution in [2.24, 2.45) is 5.92 Å². The monoisotopic (exact) mass is 583 g/mol. The van der Waals surface area contributed by atoms with Gasteiger partial charge in [-0.2, -0.15) is 0 Å². The van der Waals surface area contributed by atoms with Gasteiger partial charge in [0, 0.05) is 18.1 Å². The summed E-state index contributed by atoms with van der Waals surface area (Å²) in [6.45, 7) is 7.86. The van der Waals surface area contributed by atoms with Crippen molar-refractivity contribution < 1.29 is 18.0 Å². The summed E-state index contributed by atoms with van der Waals surface area (Å²) in [6.07, 6.45) is 0.897. The van der Waals surface area contributed by atoms with Crippen molar-refractivity contribution in [1.29, 1.82) is 0 Å². The molecular weight excluding hydrogens is 546 g/mol. The van der Waals surface area contributed by atoms with Gasteiger partial charge in [-0.05, 0) is 61.1 Å². The molecule has 0 radical (unpaired) electrons. The molecule has 0 saturated carbocycles. The predicted molar refractivity (Wildman–Crippen MR) is 161 cm³/mol. The second-order valence-electron chi connectivity index (χ2n) is 10.1. The zero-order valence-corrected chi connectivity index (χ0v) is 25.1. The molecular formula is C31H38ClN3O4S. The summed E-state index contributed by atoms with van der Waals surface area (Å²) in [7, 11) is -4.14. The van der Waals surface area contributed by atoms with E-state index in [1.165, 1.54) is 17.0 Å².